The van der Waals surface area contributed by atoms with Crippen molar-refractivity contribution in [1.82, 2.24) is 10.2 Å². The molecule has 8 heteroatoms. The van der Waals surface area contributed by atoms with Gasteiger partial charge in [-0.3, -0.25) is 9.59 Å². The van der Waals surface area contributed by atoms with Gasteiger partial charge in [-0.05, 0) is 61.6 Å². The summed E-state index contributed by atoms with van der Waals surface area (Å²) in [5.74, 6) is 0.967. The van der Waals surface area contributed by atoms with Crippen LogP contribution in [0.2, 0.25) is 10.0 Å². The van der Waals surface area contributed by atoms with Gasteiger partial charge in [0.25, 0.3) is 0 Å². The summed E-state index contributed by atoms with van der Waals surface area (Å²) in [6.45, 7) is 6.12. The second-order valence-electron chi connectivity index (χ2n) is 8.20. The van der Waals surface area contributed by atoms with E-state index in [9.17, 15) is 9.59 Å². The van der Waals surface area contributed by atoms with Gasteiger partial charge in [-0.2, -0.15) is 0 Å². The minimum atomic E-state index is -0.596. The number of nitrogens with one attached hydrogen (secondary N) is 1. The maximum Gasteiger partial charge on any atom is 0.243 e. The maximum absolute atomic E-state index is 13.4. The highest BCUT2D eigenvalue weighted by molar-refractivity contribution is 6.42. The summed E-state index contributed by atoms with van der Waals surface area (Å²) in [5.41, 5.74) is 1.75. The van der Waals surface area contributed by atoms with Crippen molar-refractivity contribution < 1.29 is 19.1 Å². The molecule has 34 heavy (non-hydrogen) atoms. The Labute approximate surface area is 212 Å². The number of carbonyl (C=O) groups is 2. The van der Waals surface area contributed by atoms with Crippen LogP contribution >= 0.6 is 23.2 Å². The van der Waals surface area contributed by atoms with E-state index < -0.39 is 6.04 Å². The number of halogens is 2. The third kappa shape index (κ3) is 7.54. The van der Waals surface area contributed by atoms with Gasteiger partial charge in [0.15, 0.2) is 11.5 Å². The lowest BCUT2D eigenvalue weighted by molar-refractivity contribution is -0.141. The van der Waals surface area contributed by atoms with Crippen LogP contribution in [0.3, 0.4) is 0 Å². The summed E-state index contributed by atoms with van der Waals surface area (Å²) in [6, 6.07) is 10.3. The van der Waals surface area contributed by atoms with Gasteiger partial charge in [0.05, 0.1) is 24.3 Å². The molecule has 2 rings (SSSR count). The number of methoxy groups -OCH3 is 2. The van der Waals surface area contributed by atoms with Crippen molar-refractivity contribution in [3.8, 4) is 11.5 Å². The molecule has 2 amide bonds. The van der Waals surface area contributed by atoms with Gasteiger partial charge >= 0.3 is 0 Å². The van der Waals surface area contributed by atoms with Crippen LogP contribution < -0.4 is 14.8 Å². The van der Waals surface area contributed by atoms with E-state index in [2.05, 4.69) is 5.32 Å². The molecule has 0 heterocycles. The monoisotopic (exact) mass is 508 g/mol. The second kappa shape index (κ2) is 13.4. The summed E-state index contributed by atoms with van der Waals surface area (Å²) < 4.78 is 10.7. The minimum absolute atomic E-state index is 0.0234. The van der Waals surface area contributed by atoms with E-state index in [1.165, 1.54) is 0 Å². The zero-order valence-electron chi connectivity index (χ0n) is 20.5. The fourth-order valence-corrected chi connectivity index (χ4v) is 3.95. The third-order valence-electron chi connectivity index (χ3n) is 5.80. The summed E-state index contributed by atoms with van der Waals surface area (Å²) in [6.07, 6.45) is 2.04. The van der Waals surface area contributed by atoms with Gasteiger partial charge in [0, 0.05) is 19.0 Å². The smallest absolute Gasteiger partial charge is 0.243 e. The second-order valence-corrected chi connectivity index (χ2v) is 9.02. The quantitative estimate of drug-likeness (QED) is 0.401. The van der Waals surface area contributed by atoms with Crippen LogP contribution in [0.1, 0.15) is 51.2 Å². The number of aryl methyl sites for hydroxylation is 1. The lowest BCUT2D eigenvalue weighted by Gasteiger charge is -2.31. The summed E-state index contributed by atoms with van der Waals surface area (Å²) in [5, 5.41) is 3.87. The average Bonchev–Trinajstić information content (AvgIpc) is 2.84. The van der Waals surface area contributed by atoms with Crippen molar-refractivity contribution in [2.45, 2.75) is 65.1 Å². The Kier molecular flexibility index (Phi) is 11.0. The van der Waals surface area contributed by atoms with E-state index in [0.29, 0.717) is 34.4 Å². The first-order chi connectivity index (χ1) is 16.2. The largest absolute Gasteiger partial charge is 0.493 e. The standard InChI is InChI=1S/C26H34Cl2N2O4/c1-6-17(3)29-26(32)22(7-2)30(16-19-8-11-20(27)21(28)14-19)25(31)13-10-18-9-12-23(33-4)24(15-18)34-5/h8-9,11-12,14-15,17,22H,6-7,10,13,16H2,1-5H3,(H,29,32)/t17-,22+/m0/s1. The van der Waals surface area contributed by atoms with Crippen LogP contribution in [-0.4, -0.2) is 43.0 Å². The number of benzene rings is 2. The summed E-state index contributed by atoms with van der Waals surface area (Å²) in [4.78, 5) is 28.1. The molecule has 186 valence electrons. The number of ether oxygens (including phenoxy) is 2. The first-order valence-electron chi connectivity index (χ1n) is 11.5. The SMILES string of the molecule is CC[C@H](C(=O)N[C@@H](C)CC)N(Cc1ccc(Cl)c(Cl)c1)C(=O)CCc1ccc(OC)c(OC)c1. The molecular weight excluding hydrogens is 475 g/mol. The molecule has 0 saturated heterocycles. The number of rotatable bonds is 12. The third-order valence-corrected chi connectivity index (χ3v) is 6.54. The Hall–Kier alpha value is -2.44. The fourth-order valence-electron chi connectivity index (χ4n) is 3.63. The van der Waals surface area contributed by atoms with Crippen LogP contribution in [0.5, 0.6) is 11.5 Å². The molecule has 0 fully saturated rings. The van der Waals surface area contributed by atoms with Crippen LogP contribution in [0.25, 0.3) is 0 Å². The number of amides is 2. The molecule has 1 N–H and O–H groups in total. The Balaban J connectivity index is 2.26. The van der Waals surface area contributed by atoms with Crippen molar-refractivity contribution in [2.24, 2.45) is 0 Å². The number of carbonyl (C=O) groups excluding carboxylic acids is 2. The zero-order valence-corrected chi connectivity index (χ0v) is 22.0. The fraction of sp³-hybridized carbons (Fsp3) is 0.462. The van der Waals surface area contributed by atoms with Gasteiger partial charge in [-0.15, -0.1) is 0 Å². The van der Waals surface area contributed by atoms with Gasteiger partial charge in [0.1, 0.15) is 6.04 Å². The summed E-state index contributed by atoms with van der Waals surface area (Å²) in [7, 11) is 3.16. The molecule has 2 atom stereocenters. The van der Waals surface area contributed by atoms with Gasteiger partial charge in [-0.1, -0.05) is 49.2 Å². The Bertz CT molecular complexity index is 983. The van der Waals surface area contributed by atoms with Crippen molar-refractivity contribution in [3.05, 3.63) is 57.6 Å². The van der Waals surface area contributed by atoms with Gasteiger partial charge in [0.2, 0.25) is 11.8 Å². The lowest BCUT2D eigenvalue weighted by atomic mass is 10.1. The Morgan fingerprint density at radius 1 is 0.941 bits per heavy atom. The first-order valence-corrected chi connectivity index (χ1v) is 12.2. The van der Waals surface area contributed by atoms with Crippen molar-refractivity contribution in [2.75, 3.05) is 14.2 Å². The lowest BCUT2D eigenvalue weighted by Crippen LogP contribution is -2.50. The Morgan fingerprint density at radius 2 is 1.62 bits per heavy atom. The van der Waals surface area contributed by atoms with E-state index >= 15 is 0 Å². The van der Waals surface area contributed by atoms with Crippen LogP contribution in [0, 0.1) is 0 Å². The normalized spacial score (nSPS) is 12.6. The molecule has 2 aromatic rings. The number of hydrogen-bond donors (Lipinski definition) is 1. The Morgan fingerprint density at radius 3 is 2.21 bits per heavy atom. The van der Waals surface area contributed by atoms with Crippen molar-refractivity contribution in [3.63, 3.8) is 0 Å². The number of hydrogen-bond acceptors (Lipinski definition) is 4. The highest BCUT2D eigenvalue weighted by Crippen LogP contribution is 2.28. The van der Waals surface area contributed by atoms with Gasteiger partial charge < -0.3 is 19.7 Å². The zero-order chi connectivity index (χ0) is 25.3. The van der Waals surface area contributed by atoms with E-state index in [1.807, 2.05) is 45.0 Å². The minimum Gasteiger partial charge on any atom is -0.493 e. The van der Waals surface area contributed by atoms with Crippen molar-refractivity contribution >= 4 is 35.0 Å². The molecule has 2 aromatic carbocycles. The van der Waals surface area contributed by atoms with E-state index in [1.54, 1.807) is 31.3 Å². The maximum atomic E-state index is 13.4. The molecule has 0 saturated carbocycles. The van der Waals surface area contributed by atoms with Crippen LogP contribution in [0.15, 0.2) is 36.4 Å². The molecule has 0 aliphatic carbocycles. The highest BCUT2D eigenvalue weighted by Gasteiger charge is 2.29. The molecule has 0 aliphatic rings. The number of nitrogens with zero attached hydrogens (tertiary/aromatic N) is 1. The average molecular weight is 509 g/mol. The van der Waals surface area contributed by atoms with E-state index in [0.717, 1.165) is 17.5 Å². The van der Waals surface area contributed by atoms with Gasteiger partial charge in [-0.25, -0.2) is 0 Å². The predicted octanol–water partition coefficient (Wildman–Crippen LogP) is 5.67. The molecule has 0 unspecified atom stereocenters. The molecule has 0 radical (unpaired) electrons. The highest BCUT2D eigenvalue weighted by atomic mass is 35.5. The van der Waals surface area contributed by atoms with Crippen LogP contribution in [0.4, 0.5) is 0 Å². The van der Waals surface area contributed by atoms with E-state index in [-0.39, 0.29) is 30.8 Å². The first kappa shape index (κ1) is 27.8. The molecular formula is C26H34Cl2N2O4. The van der Waals surface area contributed by atoms with Crippen LogP contribution in [-0.2, 0) is 22.6 Å². The molecule has 6 nitrogen and oxygen atoms in total. The van der Waals surface area contributed by atoms with Crippen molar-refractivity contribution in [1.29, 1.82) is 0 Å². The van der Waals surface area contributed by atoms with E-state index in [4.69, 9.17) is 32.7 Å². The molecule has 0 bridgehead atoms. The molecule has 0 aromatic heterocycles. The topological polar surface area (TPSA) is 67.9 Å². The predicted molar refractivity (Wildman–Crippen MR) is 137 cm³/mol. The molecule has 0 spiro atoms. The summed E-state index contributed by atoms with van der Waals surface area (Å²) >= 11 is 12.3. The molecule has 0 aliphatic heterocycles.